The maximum Gasteiger partial charge on any atom is 0.407 e. The fraction of sp³-hybridized carbons (Fsp3) is 0.351. The van der Waals surface area contributed by atoms with E-state index < -0.39 is 41.9 Å². The Bertz CT molecular complexity index is 1580. The molecule has 0 bridgehead atoms. The van der Waals surface area contributed by atoms with Crippen LogP contribution >= 0.6 is 0 Å². The largest absolute Gasteiger partial charge is 0.444 e. The summed E-state index contributed by atoms with van der Waals surface area (Å²) in [6.07, 6.45) is -1.11. The maximum absolute atomic E-state index is 13.9. The monoisotopic (exact) mass is 594 g/mol. The summed E-state index contributed by atoms with van der Waals surface area (Å²) in [7, 11) is 0. The molecule has 5 rings (SSSR count). The first-order valence-corrected chi connectivity index (χ1v) is 15.3. The van der Waals surface area contributed by atoms with Crippen molar-refractivity contribution in [1.29, 1.82) is 0 Å². The Balaban J connectivity index is 1.39. The van der Waals surface area contributed by atoms with Crippen LogP contribution in [0.4, 0.5) is 4.79 Å². The summed E-state index contributed by atoms with van der Waals surface area (Å²) in [5.41, 5.74) is 3.11. The van der Waals surface area contributed by atoms with Gasteiger partial charge in [0.2, 0.25) is 5.91 Å². The summed E-state index contributed by atoms with van der Waals surface area (Å²) in [4.78, 5) is 26.8. The summed E-state index contributed by atoms with van der Waals surface area (Å²) >= 11 is 0. The molecule has 0 heterocycles. The Morgan fingerprint density at radius 2 is 1.55 bits per heavy atom. The van der Waals surface area contributed by atoms with Crippen LogP contribution in [-0.2, 0) is 28.8 Å². The summed E-state index contributed by atoms with van der Waals surface area (Å²) < 4.78 is 5.54. The van der Waals surface area contributed by atoms with Gasteiger partial charge in [-0.2, -0.15) is 0 Å². The lowest BCUT2D eigenvalue weighted by Crippen LogP contribution is -2.48. The number of alkyl carbamates (subject to hydrolysis) is 1. The van der Waals surface area contributed by atoms with E-state index in [0.717, 1.165) is 33.0 Å². The number of fused-ring (bicyclic) bond motifs is 2. The van der Waals surface area contributed by atoms with E-state index in [2.05, 4.69) is 16.7 Å². The molecule has 230 valence electrons. The Morgan fingerprint density at radius 3 is 2.30 bits per heavy atom. The van der Waals surface area contributed by atoms with Gasteiger partial charge in [-0.1, -0.05) is 97.1 Å². The van der Waals surface area contributed by atoms with Gasteiger partial charge in [0.05, 0.1) is 24.3 Å². The van der Waals surface area contributed by atoms with Gasteiger partial charge in [0.1, 0.15) is 5.60 Å². The van der Waals surface area contributed by atoms with Gasteiger partial charge in [0.15, 0.2) is 0 Å². The first-order valence-electron chi connectivity index (χ1n) is 15.3. The van der Waals surface area contributed by atoms with Crippen molar-refractivity contribution in [2.45, 2.75) is 76.3 Å². The molecule has 5 atom stereocenters. The summed E-state index contributed by atoms with van der Waals surface area (Å²) in [6.45, 7) is 5.37. The Hall–Kier alpha value is -4.20. The Kier molecular flexibility index (Phi) is 9.67. The SMILES string of the molecule is CC(C)(C)OC(=O)NC(Cc1ccc2ccccc2c1)C(O)CC(Cc1ccccc1)C(=O)N[C@H]1c2ccccc2C[C@@H]1O. The van der Waals surface area contributed by atoms with E-state index in [9.17, 15) is 19.8 Å². The third-order valence-electron chi connectivity index (χ3n) is 8.16. The molecule has 4 aromatic rings. The van der Waals surface area contributed by atoms with Crippen molar-refractivity contribution in [1.82, 2.24) is 10.6 Å². The first kappa shape index (κ1) is 31.2. The minimum Gasteiger partial charge on any atom is -0.444 e. The van der Waals surface area contributed by atoms with Crippen LogP contribution < -0.4 is 10.6 Å². The highest BCUT2D eigenvalue weighted by molar-refractivity contribution is 5.83. The summed E-state index contributed by atoms with van der Waals surface area (Å²) in [5.74, 6) is -0.873. The molecule has 0 spiro atoms. The summed E-state index contributed by atoms with van der Waals surface area (Å²) in [6, 6.07) is 30.3. The van der Waals surface area contributed by atoms with Gasteiger partial charge in [-0.3, -0.25) is 4.79 Å². The second-order valence-corrected chi connectivity index (χ2v) is 12.8. The van der Waals surface area contributed by atoms with Crippen LogP contribution in [0.15, 0.2) is 97.1 Å². The lowest BCUT2D eigenvalue weighted by atomic mass is 9.88. The van der Waals surface area contributed by atoms with Gasteiger partial charge in [0.25, 0.3) is 0 Å². The van der Waals surface area contributed by atoms with Crippen LogP contribution in [-0.4, -0.2) is 46.1 Å². The molecule has 1 aliphatic rings. The van der Waals surface area contributed by atoms with Crippen LogP contribution in [0.3, 0.4) is 0 Å². The predicted molar refractivity (Wildman–Crippen MR) is 172 cm³/mol. The average Bonchev–Trinajstić information content (AvgIpc) is 3.30. The van der Waals surface area contributed by atoms with Crippen LogP contribution in [0.2, 0.25) is 0 Å². The van der Waals surface area contributed by atoms with E-state index in [1.165, 1.54) is 0 Å². The van der Waals surface area contributed by atoms with E-state index in [1.54, 1.807) is 20.8 Å². The number of aliphatic hydroxyl groups is 2. The smallest absolute Gasteiger partial charge is 0.407 e. The van der Waals surface area contributed by atoms with Crippen molar-refractivity contribution in [3.05, 3.63) is 119 Å². The molecule has 2 amide bonds. The van der Waals surface area contributed by atoms with E-state index >= 15 is 0 Å². The molecule has 3 unspecified atom stereocenters. The lowest BCUT2D eigenvalue weighted by Gasteiger charge is -2.30. The highest BCUT2D eigenvalue weighted by Crippen LogP contribution is 2.32. The molecule has 0 radical (unpaired) electrons. The Morgan fingerprint density at radius 1 is 0.864 bits per heavy atom. The molecule has 7 heteroatoms. The molecule has 44 heavy (non-hydrogen) atoms. The topological polar surface area (TPSA) is 108 Å². The molecule has 4 N–H and O–H groups in total. The maximum atomic E-state index is 13.9. The highest BCUT2D eigenvalue weighted by atomic mass is 16.6. The molecule has 0 saturated carbocycles. The van der Waals surface area contributed by atoms with Gasteiger partial charge in [-0.25, -0.2) is 4.79 Å². The van der Waals surface area contributed by atoms with Crippen LogP contribution in [0.25, 0.3) is 10.8 Å². The van der Waals surface area contributed by atoms with E-state index in [0.29, 0.717) is 19.3 Å². The highest BCUT2D eigenvalue weighted by Gasteiger charge is 2.35. The molecule has 0 aliphatic heterocycles. The molecule has 1 aliphatic carbocycles. The van der Waals surface area contributed by atoms with E-state index in [4.69, 9.17) is 4.74 Å². The van der Waals surface area contributed by atoms with Crippen LogP contribution in [0.5, 0.6) is 0 Å². The first-order chi connectivity index (χ1) is 21.1. The van der Waals surface area contributed by atoms with Crippen molar-refractivity contribution < 1.29 is 24.5 Å². The number of carbonyl (C=O) groups is 2. The number of hydrogen-bond donors (Lipinski definition) is 4. The van der Waals surface area contributed by atoms with Crippen molar-refractivity contribution in [3.8, 4) is 0 Å². The van der Waals surface area contributed by atoms with Crippen molar-refractivity contribution in [3.63, 3.8) is 0 Å². The number of rotatable bonds is 10. The van der Waals surface area contributed by atoms with Crippen molar-refractivity contribution >= 4 is 22.8 Å². The van der Waals surface area contributed by atoms with Gasteiger partial charge >= 0.3 is 6.09 Å². The second kappa shape index (κ2) is 13.6. The zero-order valence-electron chi connectivity index (χ0n) is 25.6. The van der Waals surface area contributed by atoms with E-state index in [1.807, 2.05) is 91.0 Å². The number of carbonyl (C=O) groups excluding carboxylic acids is 2. The molecule has 4 aromatic carbocycles. The van der Waals surface area contributed by atoms with Crippen molar-refractivity contribution in [2.24, 2.45) is 5.92 Å². The zero-order valence-corrected chi connectivity index (χ0v) is 25.6. The Labute approximate surface area is 259 Å². The standard InChI is InChI=1S/C37H42N2O5/c1-37(2,3)44-36(43)38-31(21-25-17-18-26-13-7-8-14-27(26)20-25)32(40)23-29(19-24-11-5-4-6-12-24)35(42)39-34-30-16-10-9-15-28(30)22-33(34)41/h4-18,20,29,31-34,40-41H,19,21-23H2,1-3H3,(H,38,43)(H,39,42)/t29?,31?,32?,33-,34-/m0/s1. The van der Waals surface area contributed by atoms with E-state index in [-0.39, 0.29) is 12.3 Å². The average molecular weight is 595 g/mol. The quantitative estimate of drug-likeness (QED) is 0.190. The third kappa shape index (κ3) is 8.04. The number of amides is 2. The molecule has 0 fully saturated rings. The number of nitrogens with one attached hydrogen (secondary N) is 2. The van der Waals surface area contributed by atoms with Crippen molar-refractivity contribution in [2.75, 3.05) is 0 Å². The van der Waals surface area contributed by atoms with Gasteiger partial charge in [-0.15, -0.1) is 0 Å². The number of ether oxygens (including phenoxy) is 1. The molecular formula is C37H42N2O5. The molecular weight excluding hydrogens is 552 g/mol. The predicted octanol–water partition coefficient (Wildman–Crippen LogP) is 5.66. The second-order valence-electron chi connectivity index (χ2n) is 12.8. The fourth-order valence-electron chi connectivity index (χ4n) is 6.02. The zero-order chi connectivity index (χ0) is 31.3. The minimum absolute atomic E-state index is 0.0965. The van der Waals surface area contributed by atoms with Crippen LogP contribution in [0, 0.1) is 5.92 Å². The summed E-state index contributed by atoms with van der Waals surface area (Å²) in [5, 5.41) is 30.6. The molecule has 0 saturated heterocycles. The number of hydrogen-bond acceptors (Lipinski definition) is 5. The molecule has 0 aromatic heterocycles. The fourth-order valence-corrected chi connectivity index (χ4v) is 6.02. The third-order valence-corrected chi connectivity index (χ3v) is 8.16. The minimum atomic E-state index is -1.06. The van der Waals surface area contributed by atoms with Gasteiger partial charge in [0, 0.05) is 12.3 Å². The number of benzene rings is 4. The normalized spacial score (nSPS) is 18.2. The molecule has 7 nitrogen and oxygen atoms in total. The van der Waals surface area contributed by atoms with Gasteiger partial charge < -0.3 is 25.6 Å². The van der Waals surface area contributed by atoms with Gasteiger partial charge in [-0.05, 0) is 73.1 Å². The van der Waals surface area contributed by atoms with Crippen LogP contribution in [0.1, 0.15) is 55.5 Å². The number of aliphatic hydroxyl groups excluding tert-OH is 2. The lowest BCUT2D eigenvalue weighted by molar-refractivity contribution is -0.127.